The van der Waals surface area contributed by atoms with Crippen LogP contribution in [0.1, 0.15) is 87.6 Å². The monoisotopic (exact) mass is 523 g/mol. The summed E-state index contributed by atoms with van der Waals surface area (Å²) in [5.41, 5.74) is 3.62. The lowest BCUT2D eigenvalue weighted by Crippen LogP contribution is -2.36. The summed E-state index contributed by atoms with van der Waals surface area (Å²) in [5.74, 6) is 0.501. The second kappa shape index (κ2) is 13.3. The van der Waals surface area contributed by atoms with Gasteiger partial charge in [-0.2, -0.15) is 0 Å². The van der Waals surface area contributed by atoms with Gasteiger partial charge in [-0.25, -0.2) is 0 Å². The minimum atomic E-state index is 0.0295. The molecule has 2 heterocycles. The normalized spacial score (nSPS) is 17.7. The first-order chi connectivity index (χ1) is 17.9. The molecule has 37 heavy (non-hydrogen) atoms. The Morgan fingerprint density at radius 1 is 0.811 bits per heavy atom. The highest BCUT2D eigenvalue weighted by Gasteiger charge is 2.24. The highest BCUT2D eigenvalue weighted by Crippen LogP contribution is 2.31. The van der Waals surface area contributed by atoms with Crippen molar-refractivity contribution in [1.29, 1.82) is 0 Å². The topological polar surface area (TPSA) is 43.9 Å². The van der Waals surface area contributed by atoms with Crippen molar-refractivity contribution in [3.63, 3.8) is 0 Å². The zero-order chi connectivity index (χ0) is 26.2. The number of amides is 2. The molecular weight excluding hydrogens is 482 g/mol. The fourth-order valence-electron chi connectivity index (χ4n) is 5.51. The number of hydrogen-bond acceptors (Lipinski definition) is 3. The Labute approximate surface area is 227 Å². The van der Waals surface area contributed by atoms with E-state index in [-0.39, 0.29) is 11.8 Å². The molecule has 2 aliphatic heterocycles. The predicted molar refractivity (Wildman–Crippen MR) is 154 cm³/mol. The Morgan fingerprint density at radius 2 is 1.46 bits per heavy atom. The minimum Gasteiger partial charge on any atom is -0.370 e. The molecule has 200 valence electrons. The van der Waals surface area contributed by atoms with Crippen LogP contribution in [-0.2, 0) is 11.3 Å². The molecule has 0 radical (unpaired) electrons. The first-order valence-corrected chi connectivity index (χ1v) is 14.5. The first-order valence-electron chi connectivity index (χ1n) is 14.2. The van der Waals surface area contributed by atoms with Gasteiger partial charge < -0.3 is 14.7 Å². The molecule has 2 aliphatic rings. The number of anilines is 2. The van der Waals surface area contributed by atoms with Crippen LogP contribution in [-0.4, -0.2) is 42.9 Å². The lowest BCUT2D eigenvalue weighted by Gasteiger charge is -2.31. The second-order valence-electron chi connectivity index (χ2n) is 11.0. The Bertz CT molecular complexity index is 1060. The quantitative estimate of drug-likeness (QED) is 0.421. The van der Waals surface area contributed by atoms with E-state index in [9.17, 15) is 9.59 Å². The molecule has 4 rings (SSSR count). The van der Waals surface area contributed by atoms with E-state index < -0.39 is 0 Å². The van der Waals surface area contributed by atoms with Crippen LogP contribution in [0.4, 0.5) is 11.4 Å². The Hall–Kier alpha value is -2.53. The zero-order valence-electron chi connectivity index (χ0n) is 22.6. The average Bonchev–Trinajstić information content (AvgIpc) is 2.89. The lowest BCUT2D eigenvalue weighted by atomic mass is 10.0. The molecule has 2 aromatic carbocycles. The molecule has 0 atom stereocenters. The van der Waals surface area contributed by atoms with Gasteiger partial charge >= 0.3 is 0 Å². The maximum atomic E-state index is 13.9. The highest BCUT2D eigenvalue weighted by molar-refractivity contribution is 6.33. The van der Waals surface area contributed by atoms with Crippen LogP contribution in [0.5, 0.6) is 0 Å². The van der Waals surface area contributed by atoms with Gasteiger partial charge in [-0.1, -0.05) is 62.9 Å². The van der Waals surface area contributed by atoms with Crippen molar-refractivity contribution in [1.82, 2.24) is 4.90 Å². The van der Waals surface area contributed by atoms with E-state index in [1.165, 1.54) is 6.42 Å². The van der Waals surface area contributed by atoms with Crippen LogP contribution < -0.4 is 9.80 Å². The van der Waals surface area contributed by atoms with Gasteiger partial charge in [0, 0.05) is 50.4 Å². The van der Waals surface area contributed by atoms with Gasteiger partial charge in [0.1, 0.15) is 0 Å². The molecule has 6 heteroatoms. The van der Waals surface area contributed by atoms with Crippen molar-refractivity contribution >= 4 is 34.8 Å². The molecule has 0 aromatic heterocycles. The molecule has 0 unspecified atom stereocenters. The average molecular weight is 524 g/mol. The van der Waals surface area contributed by atoms with Crippen LogP contribution in [0.3, 0.4) is 0 Å². The van der Waals surface area contributed by atoms with Crippen LogP contribution in [0, 0.1) is 5.92 Å². The van der Waals surface area contributed by atoms with Crippen molar-refractivity contribution in [2.45, 2.75) is 78.2 Å². The summed E-state index contributed by atoms with van der Waals surface area (Å²) >= 11 is 6.59. The maximum absolute atomic E-state index is 13.9. The molecule has 0 spiro atoms. The number of rotatable bonds is 4. The molecule has 0 saturated carbocycles. The summed E-state index contributed by atoms with van der Waals surface area (Å²) < 4.78 is 0. The number of piperidine rings is 1. The van der Waals surface area contributed by atoms with Crippen molar-refractivity contribution in [2.75, 3.05) is 36.0 Å². The number of hydrogen-bond donors (Lipinski definition) is 0. The summed E-state index contributed by atoms with van der Waals surface area (Å²) in [6.45, 7) is 8.06. The van der Waals surface area contributed by atoms with E-state index >= 15 is 0 Å². The largest absolute Gasteiger partial charge is 0.370 e. The molecule has 0 bridgehead atoms. The smallest absolute Gasteiger partial charge is 0.254 e. The fourth-order valence-corrected chi connectivity index (χ4v) is 5.75. The van der Waals surface area contributed by atoms with Gasteiger partial charge in [0.05, 0.1) is 10.7 Å². The maximum Gasteiger partial charge on any atom is 0.254 e. The SMILES string of the molecule is CC(C)CC(=O)N1CCCCCCCN(C(=O)c2ccc(Cl)c(N3CCCCC3)c2)Cc2ccccc21. The molecule has 2 amide bonds. The molecule has 5 nitrogen and oxygen atoms in total. The van der Waals surface area contributed by atoms with Crippen molar-refractivity contribution in [3.8, 4) is 0 Å². The van der Waals surface area contributed by atoms with Gasteiger partial charge in [-0.3, -0.25) is 9.59 Å². The molecule has 1 saturated heterocycles. The van der Waals surface area contributed by atoms with E-state index in [0.717, 1.165) is 81.5 Å². The number of halogens is 1. The third kappa shape index (κ3) is 7.28. The van der Waals surface area contributed by atoms with Crippen molar-refractivity contribution in [2.24, 2.45) is 5.92 Å². The number of carbonyl (C=O) groups is 2. The molecule has 0 aliphatic carbocycles. The Kier molecular flexibility index (Phi) is 9.90. The van der Waals surface area contributed by atoms with Crippen LogP contribution in [0.15, 0.2) is 42.5 Å². The van der Waals surface area contributed by atoms with Crippen LogP contribution >= 0.6 is 11.6 Å². The van der Waals surface area contributed by atoms with Crippen molar-refractivity contribution < 1.29 is 9.59 Å². The van der Waals surface area contributed by atoms with E-state index in [0.29, 0.717) is 36.0 Å². The number of para-hydroxylation sites is 1. The number of nitrogens with zero attached hydrogens (tertiary/aromatic N) is 3. The summed E-state index contributed by atoms with van der Waals surface area (Å²) in [6, 6.07) is 13.8. The van der Waals surface area contributed by atoms with Gasteiger partial charge in [0.2, 0.25) is 5.91 Å². The zero-order valence-corrected chi connectivity index (χ0v) is 23.3. The first kappa shape index (κ1) is 27.5. The molecule has 2 aromatic rings. The van der Waals surface area contributed by atoms with E-state index in [1.54, 1.807) is 0 Å². The lowest BCUT2D eigenvalue weighted by molar-refractivity contribution is -0.119. The molecular formula is C31H42ClN3O2. The minimum absolute atomic E-state index is 0.0295. The Morgan fingerprint density at radius 3 is 2.22 bits per heavy atom. The summed E-state index contributed by atoms with van der Waals surface area (Å²) in [7, 11) is 0. The van der Waals surface area contributed by atoms with Crippen molar-refractivity contribution in [3.05, 3.63) is 58.6 Å². The molecule has 0 N–H and O–H groups in total. The highest BCUT2D eigenvalue weighted by atomic mass is 35.5. The predicted octanol–water partition coefficient (Wildman–Crippen LogP) is 7.32. The van der Waals surface area contributed by atoms with Gasteiger partial charge in [-0.05, 0) is 67.9 Å². The summed E-state index contributed by atoms with van der Waals surface area (Å²) in [5, 5.41) is 0.705. The standard InChI is InChI=1S/C31H42ClN3O2/c1-24(2)21-30(36)35-20-12-5-3-4-9-19-34(23-26-13-7-8-14-28(26)35)31(37)25-15-16-27(32)29(22-25)33-17-10-6-11-18-33/h7-8,13-16,22,24H,3-6,9-12,17-21,23H2,1-2H3. The van der Waals surface area contributed by atoms with E-state index in [4.69, 9.17) is 11.6 Å². The van der Waals surface area contributed by atoms with E-state index in [2.05, 4.69) is 24.8 Å². The van der Waals surface area contributed by atoms with Crippen LogP contribution in [0.2, 0.25) is 5.02 Å². The van der Waals surface area contributed by atoms with Gasteiger partial charge in [0.15, 0.2) is 0 Å². The van der Waals surface area contributed by atoms with Gasteiger partial charge in [0.25, 0.3) is 5.91 Å². The summed E-state index contributed by atoms with van der Waals surface area (Å²) in [6.07, 6.45) is 9.38. The number of fused-ring (bicyclic) bond motifs is 1. The van der Waals surface area contributed by atoms with E-state index in [1.807, 2.05) is 46.2 Å². The summed E-state index contributed by atoms with van der Waals surface area (Å²) in [4.78, 5) is 33.4. The fraction of sp³-hybridized carbons (Fsp3) is 0.548. The third-order valence-electron chi connectivity index (χ3n) is 7.51. The third-order valence-corrected chi connectivity index (χ3v) is 7.83. The second-order valence-corrected chi connectivity index (χ2v) is 11.4. The molecule has 1 fully saturated rings. The Balaban J connectivity index is 1.63. The number of benzene rings is 2. The van der Waals surface area contributed by atoms with Crippen LogP contribution in [0.25, 0.3) is 0 Å². The number of carbonyl (C=O) groups excluding carboxylic acids is 2. The van der Waals surface area contributed by atoms with Gasteiger partial charge in [-0.15, -0.1) is 0 Å².